The van der Waals surface area contributed by atoms with Crippen LogP contribution in [0.3, 0.4) is 0 Å². The molecule has 0 aromatic rings. The van der Waals surface area contributed by atoms with Crippen LogP contribution in [0, 0.1) is 0 Å². The molecule has 0 aliphatic carbocycles. The first-order valence-corrected chi connectivity index (χ1v) is 8.46. The van der Waals surface area contributed by atoms with Crippen molar-refractivity contribution in [3.8, 4) is 0 Å². The molecule has 0 N–H and O–H groups in total. The zero-order valence-corrected chi connectivity index (χ0v) is 12.6. The van der Waals surface area contributed by atoms with E-state index < -0.39 is 0 Å². The smallest absolute Gasteiger partial charge is 0.174 e. The predicted octanol–water partition coefficient (Wildman–Crippen LogP) is 2.31. The minimum atomic E-state index is 0.246. The van der Waals surface area contributed by atoms with Gasteiger partial charge in [-0.2, -0.15) is 0 Å². The van der Waals surface area contributed by atoms with Crippen molar-refractivity contribution in [2.75, 3.05) is 34.2 Å². The Morgan fingerprint density at radius 1 is 1.12 bits per heavy atom. The molecule has 1 fully saturated rings. The first-order chi connectivity index (χ1) is 8.18. The van der Waals surface area contributed by atoms with Gasteiger partial charge in [0.25, 0.3) is 0 Å². The van der Waals surface area contributed by atoms with Crippen LogP contribution >= 0.6 is 21.6 Å². The third kappa shape index (κ3) is 3.53. The largest absolute Gasteiger partial charge is 0.357 e. The Morgan fingerprint density at radius 3 is 2.29 bits per heavy atom. The maximum atomic E-state index is 4.75. The topological polar surface area (TPSA) is 22.1 Å². The summed E-state index contributed by atoms with van der Waals surface area (Å²) in [6.07, 6.45) is 5.39. The maximum absolute atomic E-state index is 4.75. The van der Waals surface area contributed by atoms with Gasteiger partial charge in [0.05, 0.1) is 0 Å². The summed E-state index contributed by atoms with van der Waals surface area (Å²) in [6.45, 7) is 2.37. The van der Waals surface area contributed by atoms with Gasteiger partial charge in [-0.05, 0) is 34.4 Å². The Morgan fingerprint density at radius 2 is 1.76 bits per heavy atom. The predicted molar refractivity (Wildman–Crippen MR) is 77.9 cm³/mol. The van der Waals surface area contributed by atoms with E-state index in [1.54, 1.807) is 10.8 Å². The lowest BCUT2D eigenvalue weighted by atomic mass is 10.2. The van der Waals surface area contributed by atoms with E-state index in [0.717, 1.165) is 5.17 Å². The molecule has 2 aliphatic rings. The summed E-state index contributed by atoms with van der Waals surface area (Å²) in [7, 11) is 9.91. The van der Waals surface area contributed by atoms with Gasteiger partial charge >= 0.3 is 0 Å². The summed E-state index contributed by atoms with van der Waals surface area (Å²) in [5.74, 6) is 0. The van der Waals surface area contributed by atoms with E-state index in [1.807, 2.05) is 10.8 Å². The molecule has 17 heavy (non-hydrogen) atoms. The van der Waals surface area contributed by atoms with Gasteiger partial charge in [0.2, 0.25) is 0 Å². The van der Waals surface area contributed by atoms with Crippen LogP contribution in [0.2, 0.25) is 0 Å². The van der Waals surface area contributed by atoms with Crippen molar-refractivity contribution < 1.29 is 0 Å². The standard InChI is InChI=1S/C11H22N4S2/c1-13(2)10-12-11(17-16-10)14(3)15-8-6-4-5-7-9-15/h11H,4-9H2,1-3H3. The van der Waals surface area contributed by atoms with Gasteiger partial charge in [0.1, 0.15) is 0 Å². The molecular formula is C11H22N4S2. The fraction of sp³-hybridized carbons (Fsp3) is 0.909. The molecule has 4 nitrogen and oxygen atoms in total. The van der Waals surface area contributed by atoms with Gasteiger partial charge in [0, 0.05) is 34.2 Å². The van der Waals surface area contributed by atoms with Gasteiger partial charge in [-0.25, -0.2) is 15.0 Å². The second-order valence-electron chi connectivity index (χ2n) is 4.75. The number of hydrazine groups is 1. The van der Waals surface area contributed by atoms with Crippen LogP contribution in [0.25, 0.3) is 0 Å². The Bertz CT molecular complexity index is 275. The van der Waals surface area contributed by atoms with Crippen LogP contribution in [0.15, 0.2) is 4.99 Å². The average molecular weight is 274 g/mol. The molecule has 2 rings (SSSR count). The molecule has 0 radical (unpaired) electrons. The van der Waals surface area contributed by atoms with E-state index in [0.29, 0.717) is 0 Å². The van der Waals surface area contributed by atoms with Crippen LogP contribution in [0.5, 0.6) is 0 Å². The summed E-state index contributed by atoms with van der Waals surface area (Å²) in [6, 6.07) is 0. The molecule has 2 aliphatic heterocycles. The number of hydrogen-bond donors (Lipinski definition) is 0. The molecule has 1 saturated heterocycles. The molecule has 0 aromatic heterocycles. The number of amidine groups is 1. The normalized spacial score (nSPS) is 27.1. The maximum Gasteiger partial charge on any atom is 0.174 e. The van der Waals surface area contributed by atoms with E-state index in [1.165, 1.54) is 38.8 Å². The number of nitrogens with zero attached hydrogens (tertiary/aromatic N) is 4. The fourth-order valence-electron chi connectivity index (χ4n) is 2.07. The molecule has 0 amide bonds. The van der Waals surface area contributed by atoms with E-state index in [-0.39, 0.29) is 5.50 Å². The van der Waals surface area contributed by atoms with Crippen molar-refractivity contribution in [3.63, 3.8) is 0 Å². The molecule has 98 valence electrons. The first kappa shape index (κ1) is 13.5. The number of rotatable bonds is 2. The highest BCUT2D eigenvalue weighted by molar-refractivity contribution is 8.82. The monoisotopic (exact) mass is 274 g/mol. The highest BCUT2D eigenvalue weighted by Crippen LogP contribution is 2.38. The van der Waals surface area contributed by atoms with Crippen molar-refractivity contribution in [2.24, 2.45) is 4.99 Å². The zero-order chi connectivity index (χ0) is 12.3. The summed E-state index contributed by atoms with van der Waals surface area (Å²) in [4.78, 5) is 6.84. The Hall–Kier alpha value is 0.0900. The van der Waals surface area contributed by atoms with Crippen molar-refractivity contribution in [3.05, 3.63) is 0 Å². The molecule has 0 bridgehead atoms. The number of aliphatic imine (C=N–C) groups is 1. The Labute approximate surface area is 112 Å². The second-order valence-corrected chi connectivity index (χ2v) is 6.98. The highest BCUT2D eigenvalue weighted by Gasteiger charge is 2.27. The van der Waals surface area contributed by atoms with Gasteiger partial charge in [0.15, 0.2) is 10.7 Å². The molecular weight excluding hydrogens is 252 g/mol. The van der Waals surface area contributed by atoms with Crippen molar-refractivity contribution in [2.45, 2.75) is 31.2 Å². The van der Waals surface area contributed by atoms with Crippen LogP contribution in [-0.4, -0.2) is 59.8 Å². The van der Waals surface area contributed by atoms with Crippen LogP contribution in [0.1, 0.15) is 25.7 Å². The van der Waals surface area contributed by atoms with Gasteiger partial charge in [-0.3, -0.25) is 0 Å². The Balaban J connectivity index is 1.93. The summed E-state index contributed by atoms with van der Waals surface area (Å²) >= 11 is 0. The quantitative estimate of drug-likeness (QED) is 0.719. The van der Waals surface area contributed by atoms with Gasteiger partial charge in [-0.15, -0.1) is 0 Å². The van der Waals surface area contributed by atoms with Gasteiger partial charge < -0.3 is 4.90 Å². The molecule has 6 heteroatoms. The summed E-state index contributed by atoms with van der Waals surface area (Å²) in [5.41, 5.74) is 0.246. The van der Waals surface area contributed by atoms with E-state index in [9.17, 15) is 0 Å². The molecule has 1 unspecified atom stereocenters. The highest BCUT2D eigenvalue weighted by atomic mass is 33.1. The lowest BCUT2D eigenvalue weighted by Crippen LogP contribution is -2.44. The molecule has 1 atom stereocenters. The fourth-order valence-corrected chi connectivity index (χ4v) is 4.60. The van der Waals surface area contributed by atoms with E-state index >= 15 is 0 Å². The molecule has 0 saturated carbocycles. The van der Waals surface area contributed by atoms with E-state index in [4.69, 9.17) is 4.99 Å². The minimum absolute atomic E-state index is 0.246. The van der Waals surface area contributed by atoms with E-state index in [2.05, 4.69) is 36.1 Å². The number of hydrogen-bond acceptors (Lipinski definition) is 6. The summed E-state index contributed by atoms with van der Waals surface area (Å²) < 4.78 is 0. The third-order valence-electron chi connectivity index (χ3n) is 3.16. The molecule has 0 aromatic carbocycles. The second kappa shape index (κ2) is 6.31. The average Bonchev–Trinajstić information content (AvgIpc) is 2.65. The van der Waals surface area contributed by atoms with Crippen LogP contribution in [0.4, 0.5) is 0 Å². The van der Waals surface area contributed by atoms with Crippen LogP contribution in [-0.2, 0) is 0 Å². The molecule has 2 heterocycles. The van der Waals surface area contributed by atoms with Crippen LogP contribution < -0.4 is 0 Å². The minimum Gasteiger partial charge on any atom is -0.357 e. The third-order valence-corrected chi connectivity index (χ3v) is 5.71. The van der Waals surface area contributed by atoms with Gasteiger partial charge in [-0.1, -0.05) is 12.8 Å². The summed E-state index contributed by atoms with van der Waals surface area (Å²) in [5, 5.41) is 5.91. The first-order valence-electron chi connectivity index (χ1n) is 6.24. The zero-order valence-electron chi connectivity index (χ0n) is 10.9. The SMILES string of the molecule is CN(C)C1=NC(N(C)N2CCCCCC2)SS1. The Kier molecular flexibility index (Phi) is 5.02. The molecule has 0 spiro atoms. The van der Waals surface area contributed by atoms with Crippen molar-refractivity contribution >= 4 is 26.8 Å². The lowest BCUT2D eigenvalue weighted by molar-refractivity contribution is -0.00463. The van der Waals surface area contributed by atoms with Crippen molar-refractivity contribution in [1.29, 1.82) is 0 Å². The lowest BCUT2D eigenvalue weighted by Gasteiger charge is -2.32. The van der Waals surface area contributed by atoms with Crippen molar-refractivity contribution in [1.82, 2.24) is 14.9 Å².